The third kappa shape index (κ3) is 5.30. The van der Waals surface area contributed by atoms with Gasteiger partial charge in [0.15, 0.2) is 5.78 Å². The Morgan fingerprint density at radius 1 is 0.971 bits per heavy atom. The predicted molar refractivity (Wildman–Crippen MR) is 142 cm³/mol. The summed E-state index contributed by atoms with van der Waals surface area (Å²) in [5.74, 6) is 2.60. The van der Waals surface area contributed by atoms with E-state index in [-0.39, 0.29) is 5.78 Å². The minimum absolute atomic E-state index is 0.116. The van der Waals surface area contributed by atoms with Crippen LogP contribution < -0.4 is 10.1 Å². The smallest absolute Gasteiger partial charge is 0.164 e. The van der Waals surface area contributed by atoms with Gasteiger partial charge in [-0.25, -0.2) is 4.98 Å². The first-order valence-corrected chi connectivity index (χ1v) is 12.7. The largest absolute Gasteiger partial charge is 0.494 e. The van der Waals surface area contributed by atoms with E-state index in [1.807, 2.05) is 26.0 Å². The van der Waals surface area contributed by atoms with Crippen LogP contribution >= 0.6 is 0 Å². The van der Waals surface area contributed by atoms with Crippen molar-refractivity contribution in [1.29, 1.82) is 0 Å². The van der Waals surface area contributed by atoms with Gasteiger partial charge in [-0.1, -0.05) is 43.3 Å². The highest BCUT2D eigenvalue weighted by Crippen LogP contribution is 2.28. The van der Waals surface area contributed by atoms with Gasteiger partial charge in [0.2, 0.25) is 0 Å². The van der Waals surface area contributed by atoms with E-state index in [9.17, 15) is 4.79 Å². The molecular formula is C30H33N3O2. The molecule has 1 fully saturated rings. The summed E-state index contributed by atoms with van der Waals surface area (Å²) in [4.78, 5) is 20.6. The summed E-state index contributed by atoms with van der Waals surface area (Å²) in [5, 5.41) is 3.42. The second-order valence-electron chi connectivity index (χ2n) is 9.50. The van der Waals surface area contributed by atoms with Crippen molar-refractivity contribution in [1.82, 2.24) is 15.3 Å². The Balaban J connectivity index is 1.27. The Labute approximate surface area is 206 Å². The van der Waals surface area contributed by atoms with Gasteiger partial charge in [0.1, 0.15) is 11.6 Å². The standard InChI is InChI=1S/C30H33N3O2/c1-3-28(34)26-18-20(2)19-27-29(26)33-30(32-27)24-6-4-22(5-7-24)23-8-10-25(11-9-23)35-17-14-21-12-15-31-16-13-21/h4-11,18-19,21,31H,3,12-17H2,1-2H3,(H,32,33). The number of nitrogens with zero attached hydrogens (tertiary/aromatic N) is 1. The van der Waals surface area contributed by atoms with Gasteiger partial charge in [0.25, 0.3) is 0 Å². The molecule has 1 aliphatic rings. The second kappa shape index (κ2) is 10.4. The van der Waals surface area contributed by atoms with Gasteiger partial charge in [-0.3, -0.25) is 4.79 Å². The van der Waals surface area contributed by atoms with E-state index in [2.05, 4.69) is 58.8 Å². The molecule has 0 unspecified atom stereocenters. The lowest BCUT2D eigenvalue weighted by Crippen LogP contribution is -2.28. The molecule has 1 saturated heterocycles. The molecule has 35 heavy (non-hydrogen) atoms. The summed E-state index contributed by atoms with van der Waals surface area (Å²) in [6, 6.07) is 20.7. The molecule has 1 aliphatic heterocycles. The maximum absolute atomic E-state index is 12.4. The van der Waals surface area contributed by atoms with E-state index in [1.165, 1.54) is 12.8 Å². The van der Waals surface area contributed by atoms with Crippen molar-refractivity contribution in [2.75, 3.05) is 19.7 Å². The van der Waals surface area contributed by atoms with Gasteiger partial charge in [0.05, 0.1) is 17.6 Å². The molecule has 0 radical (unpaired) electrons. The zero-order valence-electron chi connectivity index (χ0n) is 20.6. The van der Waals surface area contributed by atoms with Crippen LogP contribution in [0.25, 0.3) is 33.5 Å². The number of rotatable bonds is 8. The van der Waals surface area contributed by atoms with Crippen molar-refractivity contribution in [3.8, 4) is 28.3 Å². The van der Waals surface area contributed by atoms with Gasteiger partial charge in [-0.05, 0) is 86.1 Å². The summed E-state index contributed by atoms with van der Waals surface area (Å²) in [6.07, 6.45) is 4.10. The SMILES string of the molecule is CCC(=O)c1cc(C)cc2[nH]c(-c3ccc(-c4ccc(OCCC5CCNCC5)cc4)cc3)nc12. The first-order valence-electron chi connectivity index (χ1n) is 12.7. The predicted octanol–water partition coefficient (Wildman–Crippen LogP) is 6.57. The number of piperidine rings is 1. The van der Waals surface area contributed by atoms with Crippen LogP contribution in [-0.4, -0.2) is 35.4 Å². The number of Topliss-reactive ketones (excluding diaryl/α,β-unsaturated/α-hetero) is 1. The fraction of sp³-hybridized carbons (Fsp3) is 0.333. The topological polar surface area (TPSA) is 67.0 Å². The van der Waals surface area contributed by atoms with E-state index in [0.29, 0.717) is 12.0 Å². The number of hydrogen-bond donors (Lipinski definition) is 2. The number of hydrogen-bond acceptors (Lipinski definition) is 4. The van der Waals surface area contributed by atoms with E-state index in [1.54, 1.807) is 0 Å². The molecule has 5 nitrogen and oxygen atoms in total. The van der Waals surface area contributed by atoms with Crippen LogP contribution in [0.4, 0.5) is 0 Å². The number of H-pyrrole nitrogens is 1. The number of ketones is 1. The second-order valence-corrected chi connectivity index (χ2v) is 9.50. The summed E-state index contributed by atoms with van der Waals surface area (Å²) >= 11 is 0. The van der Waals surface area contributed by atoms with Gasteiger partial charge in [0, 0.05) is 17.5 Å². The fourth-order valence-electron chi connectivity index (χ4n) is 4.88. The molecule has 180 valence electrons. The van der Waals surface area contributed by atoms with Gasteiger partial charge >= 0.3 is 0 Å². The fourth-order valence-corrected chi connectivity index (χ4v) is 4.88. The number of fused-ring (bicyclic) bond motifs is 1. The molecule has 0 aliphatic carbocycles. The van der Waals surface area contributed by atoms with Crippen LogP contribution in [0.2, 0.25) is 0 Å². The Hall–Kier alpha value is -3.44. The van der Waals surface area contributed by atoms with Crippen LogP contribution in [0.5, 0.6) is 5.75 Å². The van der Waals surface area contributed by atoms with Crippen molar-refractivity contribution in [2.24, 2.45) is 5.92 Å². The number of aromatic nitrogens is 2. The molecule has 0 spiro atoms. The maximum Gasteiger partial charge on any atom is 0.164 e. The van der Waals surface area contributed by atoms with E-state index in [0.717, 1.165) is 76.9 Å². The third-order valence-corrected chi connectivity index (χ3v) is 6.95. The van der Waals surface area contributed by atoms with E-state index >= 15 is 0 Å². The first-order chi connectivity index (χ1) is 17.1. The summed E-state index contributed by atoms with van der Waals surface area (Å²) < 4.78 is 5.99. The highest BCUT2D eigenvalue weighted by atomic mass is 16.5. The van der Waals surface area contributed by atoms with Gasteiger partial charge in [-0.2, -0.15) is 0 Å². The average molecular weight is 468 g/mol. The van der Waals surface area contributed by atoms with Gasteiger partial charge in [-0.15, -0.1) is 0 Å². The number of carbonyl (C=O) groups is 1. The minimum atomic E-state index is 0.116. The number of carbonyl (C=O) groups excluding carboxylic acids is 1. The molecule has 5 rings (SSSR count). The number of aryl methyl sites for hydroxylation is 1. The average Bonchev–Trinajstić information content (AvgIpc) is 3.33. The summed E-state index contributed by atoms with van der Waals surface area (Å²) in [6.45, 7) is 6.94. The zero-order chi connectivity index (χ0) is 24.2. The Kier molecular flexibility index (Phi) is 6.96. The van der Waals surface area contributed by atoms with Crippen molar-refractivity contribution >= 4 is 16.8 Å². The molecule has 1 aromatic heterocycles. The monoisotopic (exact) mass is 467 g/mol. The molecule has 2 N–H and O–H groups in total. The van der Waals surface area contributed by atoms with Crippen LogP contribution in [0, 0.1) is 12.8 Å². The molecular weight excluding hydrogens is 434 g/mol. The Bertz CT molecular complexity index is 1300. The van der Waals surface area contributed by atoms with Gasteiger partial charge < -0.3 is 15.0 Å². The van der Waals surface area contributed by atoms with Crippen molar-refractivity contribution < 1.29 is 9.53 Å². The Morgan fingerprint density at radius 2 is 1.63 bits per heavy atom. The molecule has 0 atom stereocenters. The number of imidazole rings is 1. The molecule has 0 amide bonds. The molecule has 5 heteroatoms. The number of nitrogens with one attached hydrogen (secondary N) is 2. The first kappa shape index (κ1) is 23.3. The van der Waals surface area contributed by atoms with Crippen molar-refractivity contribution in [2.45, 2.75) is 39.5 Å². The quantitative estimate of drug-likeness (QED) is 0.288. The summed E-state index contributed by atoms with van der Waals surface area (Å²) in [7, 11) is 0. The Morgan fingerprint density at radius 3 is 2.31 bits per heavy atom. The van der Waals surface area contributed by atoms with Crippen molar-refractivity contribution in [3.63, 3.8) is 0 Å². The third-order valence-electron chi connectivity index (χ3n) is 6.95. The number of ether oxygens (including phenoxy) is 1. The zero-order valence-corrected chi connectivity index (χ0v) is 20.6. The molecule has 3 aromatic carbocycles. The molecule has 2 heterocycles. The van der Waals surface area contributed by atoms with Crippen LogP contribution in [0.3, 0.4) is 0 Å². The van der Waals surface area contributed by atoms with Crippen LogP contribution in [0.15, 0.2) is 60.7 Å². The molecule has 4 aromatic rings. The molecule has 0 saturated carbocycles. The maximum atomic E-state index is 12.4. The highest BCUT2D eigenvalue weighted by molar-refractivity contribution is 6.06. The highest BCUT2D eigenvalue weighted by Gasteiger charge is 2.15. The normalized spacial score (nSPS) is 14.3. The number of aromatic amines is 1. The summed E-state index contributed by atoms with van der Waals surface area (Å²) in [5.41, 5.74) is 6.68. The lowest BCUT2D eigenvalue weighted by Gasteiger charge is -2.22. The number of benzene rings is 3. The minimum Gasteiger partial charge on any atom is -0.494 e. The lowest BCUT2D eigenvalue weighted by molar-refractivity contribution is 0.0989. The van der Waals surface area contributed by atoms with Crippen molar-refractivity contribution in [3.05, 3.63) is 71.8 Å². The van der Waals surface area contributed by atoms with Crippen LogP contribution in [0.1, 0.15) is 48.5 Å². The molecule has 0 bridgehead atoms. The van der Waals surface area contributed by atoms with E-state index < -0.39 is 0 Å². The van der Waals surface area contributed by atoms with E-state index in [4.69, 9.17) is 9.72 Å². The van der Waals surface area contributed by atoms with Crippen LogP contribution in [-0.2, 0) is 0 Å². The lowest BCUT2D eigenvalue weighted by atomic mass is 9.95.